The van der Waals surface area contributed by atoms with Crippen LogP contribution in [0.25, 0.3) is 11.2 Å². The molecule has 208 valence electrons. The topological polar surface area (TPSA) is 151 Å². The summed E-state index contributed by atoms with van der Waals surface area (Å²) in [5.41, 5.74) is -2.52. The maximum atomic E-state index is 13.0. The molecule has 0 aromatic carbocycles. The number of hydrogen-bond acceptors (Lipinski definition) is 8. The number of carbonyl (C=O) groups is 1. The number of imidazole rings is 1. The average molecular weight is 521 g/mol. The van der Waals surface area contributed by atoms with E-state index >= 15 is 0 Å². The highest BCUT2D eigenvalue weighted by Crippen LogP contribution is 2.39. The lowest BCUT2D eigenvalue weighted by molar-refractivity contribution is -0.154. The molecule has 0 saturated carbocycles. The van der Waals surface area contributed by atoms with Gasteiger partial charge in [-0.05, 0) is 6.42 Å². The number of rotatable bonds is 18. The van der Waals surface area contributed by atoms with Gasteiger partial charge in [-0.15, -0.1) is 0 Å². The summed E-state index contributed by atoms with van der Waals surface area (Å²) in [6.45, 7) is 1.60. The van der Waals surface area contributed by atoms with Gasteiger partial charge >= 0.3 is 0 Å². The molecule has 2 aromatic rings. The fraction of sp³-hybridized carbons (Fsp3) is 0.778. The number of aromatic nitrogens is 4. The molecule has 3 heterocycles. The molecule has 1 fully saturated rings. The van der Waals surface area contributed by atoms with Gasteiger partial charge in [-0.1, -0.05) is 90.4 Å². The summed E-state index contributed by atoms with van der Waals surface area (Å²) in [5.74, 6) is -0.560. The van der Waals surface area contributed by atoms with Gasteiger partial charge in [-0.3, -0.25) is 14.2 Å². The zero-order valence-corrected chi connectivity index (χ0v) is 22.1. The van der Waals surface area contributed by atoms with Crippen LogP contribution in [0, 0.1) is 0 Å². The Labute approximate surface area is 218 Å². The number of unbranched alkanes of at least 4 members (excludes halogenated alkanes) is 13. The highest BCUT2D eigenvalue weighted by molar-refractivity contribution is 5.89. The zero-order valence-electron chi connectivity index (χ0n) is 22.1. The van der Waals surface area contributed by atoms with Crippen LogP contribution < -0.4 is 5.56 Å². The number of carbonyl (C=O) groups excluding carboxylic acids is 1. The molecule has 10 nitrogen and oxygen atoms in total. The van der Waals surface area contributed by atoms with E-state index in [1.807, 2.05) is 0 Å². The number of nitrogens with one attached hydrogen (secondary N) is 1. The lowest BCUT2D eigenvalue weighted by Crippen LogP contribution is -2.55. The van der Waals surface area contributed by atoms with Gasteiger partial charge in [0.15, 0.2) is 28.8 Å². The fourth-order valence-corrected chi connectivity index (χ4v) is 5.23. The van der Waals surface area contributed by atoms with Crippen LogP contribution in [0.15, 0.2) is 17.4 Å². The predicted molar refractivity (Wildman–Crippen MR) is 140 cm³/mol. The largest absolute Gasteiger partial charge is 0.394 e. The van der Waals surface area contributed by atoms with E-state index in [2.05, 4.69) is 21.9 Å². The van der Waals surface area contributed by atoms with E-state index in [1.165, 1.54) is 81.4 Å². The first-order chi connectivity index (χ1) is 17.9. The summed E-state index contributed by atoms with van der Waals surface area (Å²) in [6.07, 6.45) is 15.1. The molecule has 0 spiro atoms. The first-order valence-electron chi connectivity index (χ1n) is 14.0. The standard InChI is InChI=1S/C27H44N4O6/c1-2-3-4-5-6-7-8-9-10-11-12-13-14-15-16-20(33)27(36)21(17-32)37-26(23(27)34)31-19-30-22-24(31)28-18-29-25(22)35/h18-19,21,23,26,32,34,36H,2-17H2,1H3,(H,28,29,35)/t21-,23+,26-,27-/m1/s1. The van der Waals surface area contributed by atoms with Crippen molar-refractivity contribution in [2.24, 2.45) is 0 Å². The lowest BCUT2D eigenvalue weighted by atomic mass is 9.85. The van der Waals surface area contributed by atoms with Crippen molar-refractivity contribution >= 4 is 16.9 Å². The second-order valence-corrected chi connectivity index (χ2v) is 10.3. The van der Waals surface area contributed by atoms with E-state index in [0.29, 0.717) is 6.42 Å². The third kappa shape index (κ3) is 7.25. The molecule has 0 amide bonds. The van der Waals surface area contributed by atoms with Crippen molar-refractivity contribution < 1.29 is 24.9 Å². The molecule has 0 bridgehead atoms. The van der Waals surface area contributed by atoms with Crippen molar-refractivity contribution in [1.29, 1.82) is 0 Å². The van der Waals surface area contributed by atoms with Crippen LogP contribution in [-0.2, 0) is 9.53 Å². The summed E-state index contributed by atoms with van der Waals surface area (Å²) in [7, 11) is 0. The van der Waals surface area contributed by atoms with Gasteiger partial charge in [0.2, 0.25) is 0 Å². The van der Waals surface area contributed by atoms with Gasteiger partial charge in [0, 0.05) is 6.42 Å². The smallest absolute Gasteiger partial charge is 0.278 e. The second-order valence-electron chi connectivity index (χ2n) is 10.3. The number of aliphatic hydroxyl groups excluding tert-OH is 2. The Morgan fingerprint density at radius 2 is 1.57 bits per heavy atom. The summed E-state index contributed by atoms with van der Waals surface area (Å²) in [5, 5.41) is 31.9. The van der Waals surface area contributed by atoms with Crippen molar-refractivity contribution in [3.63, 3.8) is 0 Å². The third-order valence-corrected chi connectivity index (χ3v) is 7.52. The molecule has 1 aliphatic heterocycles. The van der Waals surface area contributed by atoms with Crippen LogP contribution in [0.2, 0.25) is 0 Å². The first-order valence-corrected chi connectivity index (χ1v) is 14.0. The third-order valence-electron chi connectivity index (χ3n) is 7.52. The van der Waals surface area contributed by atoms with Crippen LogP contribution in [0.1, 0.15) is 109 Å². The molecule has 2 aromatic heterocycles. The minimum atomic E-state index is -2.26. The second kappa shape index (κ2) is 14.7. The molecule has 0 aliphatic carbocycles. The molecule has 4 atom stereocenters. The summed E-state index contributed by atoms with van der Waals surface area (Å²) in [6, 6.07) is 0. The molecular weight excluding hydrogens is 476 g/mol. The number of ether oxygens (including phenoxy) is 1. The number of H-pyrrole nitrogens is 1. The van der Waals surface area contributed by atoms with Crippen molar-refractivity contribution in [2.75, 3.05) is 6.61 Å². The Morgan fingerprint density at radius 3 is 2.14 bits per heavy atom. The Balaban J connectivity index is 1.39. The Kier molecular flexibility index (Phi) is 11.7. The molecule has 10 heteroatoms. The van der Waals surface area contributed by atoms with Crippen LogP contribution in [0.5, 0.6) is 0 Å². The van der Waals surface area contributed by atoms with E-state index < -0.39 is 42.0 Å². The minimum Gasteiger partial charge on any atom is -0.394 e. The van der Waals surface area contributed by atoms with Gasteiger partial charge in [-0.2, -0.15) is 0 Å². The van der Waals surface area contributed by atoms with Crippen molar-refractivity contribution in [3.05, 3.63) is 23.0 Å². The monoisotopic (exact) mass is 520 g/mol. The Hall–Kier alpha value is -2.14. The van der Waals surface area contributed by atoms with E-state index in [0.717, 1.165) is 19.3 Å². The van der Waals surface area contributed by atoms with Crippen molar-refractivity contribution in [1.82, 2.24) is 19.5 Å². The number of fused-ring (bicyclic) bond motifs is 1. The molecule has 0 unspecified atom stereocenters. The first kappa shape index (κ1) is 29.4. The Morgan fingerprint density at radius 1 is 1.00 bits per heavy atom. The van der Waals surface area contributed by atoms with Crippen LogP contribution >= 0.6 is 0 Å². The lowest BCUT2D eigenvalue weighted by Gasteiger charge is -2.28. The van der Waals surface area contributed by atoms with Crippen LogP contribution in [0.3, 0.4) is 0 Å². The molecule has 0 radical (unpaired) electrons. The van der Waals surface area contributed by atoms with Crippen molar-refractivity contribution in [3.8, 4) is 0 Å². The number of Topliss-reactive ketones (excluding diaryl/α,β-unsaturated/α-hetero) is 1. The molecule has 3 rings (SSSR count). The molecular formula is C27H44N4O6. The summed E-state index contributed by atoms with van der Waals surface area (Å²) < 4.78 is 6.98. The molecule has 37 heavy (non-hydrogen) atoms. The number of aromatic amines is 1. The normalized spacial score (nSPS) is 23.7. The van der Waals surface area contributed by atoms with Crippen LogP contribution in [0.4, 0.5) is 0 Å². The van der Waals surface area contributed by atoms with Gasteiger partial charge in [0.1, 0.15) is 12.2 Å². The van der Waals surface area contributed by atoms with Gasteiger partial charge in [-0.25, -0.2) is 9.97 Å². The summed E-state index contributed by atoms with van der Waals surface area (Å²) in [4.78, 5) is 35.4. The fourth-order valence-electron chi connectivity index (χ4n) is 5.23. The molecule has 4 N–H and O–H groups in total. The van der Waals surface area contributed by atoms with Gasteiger partial charge in [0.05, 0.1) is 19.3 Å². The number of ketones is 1. The molecule has 1 aliphatic rings. The highest BCUT2D eigenvalue weighted by atomic mass is 16.6. The van der Waals surface area contributed by atoms with E-state index in [9.17, 15) is 24.9 Å². The van der Waals surface area contributed by atoms with Crippen molar-refractivity contribution in [2.45, 2.75) is 127 Å². The van der Waals surface area contributed by atoms with E-state index in [-0.39, 0.29) is 17.6 Å². The predicted octanol–water partition coefficient (Wildman–Crippen LogP) is 3.54. The highest BCUT2D eigenvalue weighted by Gasteiger charge is 2.60. The van der Waals surface area contributed by atoms with Gasteiger partial charge in [0.25, 0.3) is 5.56 Å². The SMILES string of the molecule is CCCCCCCCCCCCCCCCC(=O)[C@@]1(O)[C@@H](CO)O[C@@H](n2cnc3c(=O)[nH]cnc32)[C@@H]1O. The maximum absolute atomic E-state index is 13.0. The number of nitrogens with zero attached hydrogens (tertiary/aromatic N) is 3. The van der Waals surface area contributed by atoms with E-state index in [1.54, 1.807) is 0 Å². The average Bonchev–Trinajstić information content (AvgIpc) is 3.44. The Bertz CT molecular complexity index is 1020. The van der Waals surface area contributed by atoms with Gasteiger partial charge < -0.3 is 25.0 Å². The summed E-state index contributed by atoms with van der Waals surface area (Å²) >= 11 is 0. The van der Waals surface area contributed by atoms with E-state index in [4.69, 9.17) is 4.74 Å². The zero-order chi connectivity index (χ0) is 26.7. The minimum absolute atomic E-state index is 0.0445. The molecule has 1 saturated heterocycles. The quantitative estimate of drug-likeness (QED) is 0.218. The van der Waals surface area contributed by atoms with Crippen LogP contribution in [-0.4, -0.2) is 65.0 Å². The maximum Gasteiger partial charge on any atom is 0.278 e. The number of hydrogen-bond donors (Lipinski definition) is 4. The number of aliphatic hydroxyl groups is 3.